The van der Waals surface area contributed by atoms with Gasteiger partial charge in [0, 0.05) is 23.8 Å². The van der Waals surface area contributed by atoms with E-state index < -0.39 is 119 Å². The van der Waals surface area contributed by atoms with Gasteiger partial charge in [0.2, 0.25) is 17.5 Å². The molecule has 10 atom stereocenters. The van der Waals surface area contributed by atoms with E-state index in [1.165, 1.54) is 43.3 Å². The van der Waals surface area contributed by atoms with Crippen LogP contribution in [0.4, 0.5) is 0 Å². The molecule has 0 aliphatic carbocycles. The Bertz CT molecular complexity index is 2080. The second-order valence-electron chi connectivity index (χ2n) is 12.6. The van der Waals surface area contributed by atoms with Gasteiger partial charge in [-0.2, -0.15) is 0 Å². The second kappa shape index (κ2) is 15.5. The Morgan fingerprint density at radius 2 is 1.46 bits per heavy atom. The molecule has 4 aromatic rings. The molecule has 18 nitrogen and oxygen atoms in total. The van der Waals surface area contributed by atoms with Gasteiger partial charge in [-0.25, -0.2) is 4.79 Å². The van der Waals surface area contributed by atoms with E-state index in [1.807, 2.05) is 0 Å². The second-order valence-corrected chi connectivity index (χ2v) is 12.6. The number of aliphatic hydroxyl groups is 5. The lowest BCUT2D eigenvalue weighted by atomic mass is 9.98. The number of carbonyl (C=O) groups is 1. The number of esters is 1. The molecule has 2 saturated heterocycles. The molecule has 18 heteroatoms. The predicted molar refractivity (Wildman–Crippen MR) is 181 cm³/mol. The number of phenols is 5. The molecule has 3 heterocycles. The quantitative estimate of drug-likeness (QED) is 0.0623. The van der Waals surface area contributed by atoms with Crippen LogP contribution in [0.5, 0.6) is 34.5 Å². The summed E-state index contributed by atoms with van der Waals surface area (Å²) in [5.74, 6) is -4.59. The number of aliphatic hydroxyl groups excluding tert-OH is 5. The molecule has 3 aromatic carbocycles. The molecular formula is C36H36O18. The van der Waals surface area contributed by atoms with Crippen molar-refractivity contribution in [2.75, 3.05) is 6.61 Å². The van der Waals surface area contributed by atoms with Gasteiger partial charge in [0.25, 0.3) is 0 Å². The van der Waals surface area contributed by atoms with Gasteiger partial charge in [-0.05, 0) is 48.9 Å². The Labute approximate surface area is 304 Å². The summed E-state index contributed by atoms with van der Waals surface area (Å²) in [5, 5.41) is 103. The van der Waals surface area contributed by atoms with Crippen molar-refractivity contribution in [1.29, 1.82) is 0 Å². The summed E-state index contributed by atoms with van der Waals surface area (Å²) in [5.41, 5.74) is -0.977. The molecular weight excluding hydrogens is 720 g/mol. The van der Waals surface area contributed by atoms with E-state index in [9.17, 15) is 60.7 Å². The third-order valence-corrected chi connectivity index (χ3v) is 8.82. The third kappa shape index (κ3) is 7.77. The summed E-state index contributed by atoms with van der Waals surface area (Å²) in [7, 11) is 0. The molecule has 0 bridgehead atoms. The molecule has 288 valence electrons. The molecule has 6 rings (SSSR count). The highest BCUT2D eigenvalue weighted by Gasteiger charge is 2.50. The standard InChI is InChI=1S/C36H36O18/c1-14-26(43)28(45)30(47)35(50-14)49-13-23-33(53-24(42)9-4-15-2-6-17(37)7-3-15)29(46)31(48)36(52-23)54-34-27(44)25-21(41)11-18(38)12-22(25)51-32(34)16-5-8-19(39)20(40)10-16/h2-12,14,23,26,28-31,33,35-41,43,45-48H,13H2,1H3/t14-,23+,26-,28+,29+,30-,31+,33+,35-,36-/m0/s1. The van der Waals surface area contributed by atoms with E-state index >= 15 is 0 Å². The zero-order chi connectivity index (χ0) is 39.0. The molecule has 2 fully saturated rings. The van der Waals surface area contributed by atoms with Crippen molar-refractivity contribution in [2.45, 2.75) is 68.3 Å². The van der Waals surface area contributed by atoms with Crippen molar-refractivity contribution in [3.05, 3.63) is 76.5 Å². The van der Waals surface area contributed by atoms with Crippen molar-refractivity contribution >= 4 is 23.0 Å². The van der Waals surface area contributed by atoms with Crippen LogP contribution in [0.2, 0.25) is 0 Å². The summed E-state index contributed by atoms with van der Waals surface area (Å²) < 4.78 is 34.1. The number of aromatic hydroxyl groups is 5. The summed E-state index contributed by atoms with van der Waals surface area (Å²) >= 11 is 0. The molecule has 0 saturated carbocycles. The number of hydrogen-bond acceptors (Lipinski definition) is 18. The number of phenolic OH excluding ortho intramolecular Hbond substituents is 5. The predicted octanol–water partition coefficient (Wildman–Crippen LogP) is 0.283. The monoisotopic (exact) mass is 756 g/mol. The fraction of sp³-hybridized carbons (Fsp3) is 0.333. The van der Waals surface area contributed by atoms with Gasteiger partial charge in [-0.1, -0.05) is 12.1 Å². The highest BCUT2D eigenvalue weighted by molar-refractivity contribution is 5.88. The molecule has 10 N–H and O–H groups in total. The van der Waals surface area contributed by atoms with E-state index in [0.29, 0.717) is 5.56 Å². The van der Waals surface area contributed by atoms with E-state index in [4.69, 9.17) is 28.1 Å². The van der Waals surface area contributed by atoms with Gasteiger partial charge in [0.15, 0.2) is 29.7 Å². The lowest BCUT2D eigenvalue weighted by molar-refractivity contribution is -0.319. The first kappa shape index (κ1) is 38.3. The van der Waals surface area contributed by atoms with Crippen LogP contribution >= 0.6 is 0 Å². The average Bonchev–Trinajstić information content (AvgIpc) is 3.13. The number of fused-ring (bicyclic) bond motifs is 1. The molecule has 2 aliphatic heterocycles. The van der Waals surface area contributed by atoms with Gasteiger partial charge >= 0.3 is 5.97 Å². The van der Waals surface area contributed by atoms with Gasteiger partial charge in [-0.3, -0.25) is 4.79 Å². The highest BCUT2D eigenvalue weighted by Crippen LogP contribution is 2.39. The van der Waals surface area contributed by atoms with Crippen molar-refractivity contribution in [3.63, 3.8) is 0 Å². The zero-order valence-corrected chi connectivity index (χ0v) is 28.1. The molecule has 0 amide bonds. The number of hydrogen-bond donors (Lipinski definition) is 10. The normalized spacial score (nSPS) is 28.6. The van der Waals surface area contributed by atoms with Crippen LogP contribution in [-0.4, -0.2) is 125 Å². The van der Waals surface area contributed by atoms with Crippen molar-refractivity contribution in [3.8, 4) is 45.8 Å². The smallest absolute Gasteiger partial charge is 0.331 e. The van der Waals surface area contributed by atoms with E-state index in [2.05, 4.69) is 0 Å². The molecule has 0 unspecified atom stereocenters. The van der Waals surface area contributed by atoms with Crippen LogP contribution in [0.15, 0.2) is 69.9 Å². The molecule has 1 aromatic heterocycles. The topological polar surface area (TPSA) is 296 Å². The van der Waals surface area contributed by atoms with Crippen LogP contribution in [0.1, 0.15) is 12.5 Å². The first-order valence-corrected chi connectivity index (χ1v) is 16.3. The van der Waals surface area contributed by atoms with Gasteiger partial charge in [0.05, 0.1) is 12.7 Å². The Kier molecular flexibility index (Phi) is 11.0. The molecule has 2 aliphatic rings. The zero-order valence-electron chi connectivity index (χ0n) is 28.1. The summed E-state index contributed by atoms with van der Waals surface area (Å²) in [6, 6.07) is 10.9. The first-order valence-electron chi connectivity index (χ1n) is 16.3. The maximum absolute atomic E-state index is 13.9. The minimum absolute atomic E-state index is 0.0137. The minimum Gasteiger partial charge on any atom is -0.508 e. The minimum atomic E-state index is -2.08. The largest absolute Gasteiger partial charge is 0.508 e. The lowest BCUT2D eigenvalue weighted by Gasteiger charge is -2.43. The maximum atomic E-state index is 13.9. The van der Waals surface area contributed by atoms with Crippen LogP contribution in [0.25, 0.3) is 28.4 Å². The van der Waals surface area contributed by atoms with Gasteiger partial charge < -0.3 is 79.2 Å². The van der Waals surface area contributed by atoms with E-state index in [0.717, 1.165) is 30.3 Å². The van der Waals surface area contributed by atoms with Crippen LogP contribution in [0, 0.1) is 0 Å². The average molecular weight is 757 g/mol. The molecule has 0 radical (unpaired) electrons. The summed E-state index contributed by atoms with van der Waals surface area (Å²) in [4.78, 5) is 26.8. The summed E-state index contributed by atoms with van der Waals surface area (Å²) in [6.45, 7) is 0.716. The van der Waals surface area contributed by atoms with Gasteiger partial charge in [-0.15, -0.1) is 0 Å². The fourth-order valence-corrected chi connectivity index (χ4v) is 5.89. The Morgan fingerprint density at radius 3 is 2.17 bits per heavy atom. The van der Waals surface area contributed by atoms with Crippen LogP contribution < -0.4 is 10.2 Å². The van der Waals surface area contributed by atoms with Crippen LogP contribution in [0.3, 0.4) is 0 Å². The Morgan fingerprint density at radius 1 is 0.759 bits per heavy atom. The molecule has 0 spiro atoms. The lowest BCUT2D eigenvalue weighted by Crippen LogP contribution is -2.62. The van der Waals surface area contributed by atoms with Crippen LogP contribution in [-0.2, 0) is 23.7 Å². The Hall–Kier alpha value is -5.44. The number of benzene rings is 3. The number of rotatable bonds is 9. The Balaban J connectivity index is 1.34. The first-order chi connectivity index (χ1) is 25.6. The highest BCUT2D eigenvalue weighted by atomic mass is 16.7. The van der Waals surface area contributed by atoms with E-state index in [1.54, 1.807) is 0 Å². The number of ether oxygens (including phenoxy) is 5. The van der Waals surface area contributed by atoms with E-state index in [-0.39, 0.29) is 16.9 Å². The maximum Gasteiger partial charge on any atom is 0.331 e. The molecule has 54 heavy (non-hydrogen) atoms. The number of carbonyl (C=O) groups excluding carboxylic acids is 1. The fourth-order valence-electron chi connectivity index (χ4n) is 5.89. The van der Waals surface area contributed by atoms with Crippen molar-refractivity contribution in [1.82, 2.24) is 0 Å². The SMILES string of the molecule is C[C@@H]1O[C@H](OC[C@H]2O[C@@H](Oc3c(-c4ccc(O)c(O)c4)oc4cc(O)cc(O)c4c3=O)[C@H](O)[C@@H](O)[C@@H]2OC(=O)C=Cc2ccc(O)cc2)[C@@H](O)[C@H](O)[C@H]1O. The van der Waals surface area contributed by atoms with Gasteiger partial charge in [0.1, 0.15) is 64.8 Å². The van der Waals surface area contributed by atoms with Crippen molar-refractivity contribution < 1.29 is 84.0 Å². The third-order valence-electron chi connectivity index (χ3n) is 8.82. The summed E-state index contributed by atoms with van der Waals surface area (Å²) in [6.07, 6.45) is -14.6. The van der Waals surface area contributed by atoms with Crippen molar-refractivity contribution in [2.24, 2.45) is 0 Å².